The van der Waals surface area contributed by atoms with Crippen LogP contribution in [-0.2, 0) is 4.79 Å². The van der Waals surface area contributed by atoms with Crippen LogP contribution in [0.25, 0.3) is 0 Å². The molecule has 0 aliphatic heterocycles. The number of allylic oxidation sites excluding steroid dienone is 3. The van der Waals surface area contributed by atoms with E-state index >= 15 is 0 Å². The van der Waals surface area contributed by atoms with Crippen molar-refractivity contribution in [3.8, 4) is 0 Å². The van der Waals surface area contributed by atoms with Gasteiger partial charge in [-0.3, -0.25) is 4.79 Å². The van der Waals surface area contributed by atoms with Crippen LogP contribution in [0.4, 0.5) is 0 Å². The van der Waals surface area contributed by atoms with E-state index in [9.17, 15) is 4.79 Å². The van der Waals surface area contributed by atoms with Crippen LogP contribution in [0, 0.1) is 17.8 Å². The van der Waals surface area contributed by atoms with E-state index in [1.807, 2.05) is 6.08 Å². The van der Waals surface area contributed by atoms with Crippen molar-refractivity contribution in [1.29, 1.82) is 0 Å². The van der Waals surface area contributed by atoms with Crippen molar-refractivity contribution < 1.29 is 4.79 Å². The molecule has 1 heteroatoms. The van der Waals surface area contributed by atoms with Crippen LogP contribution in [-0.4, -0.2) is 5.78 Å². The average Bonchev–Trinajstić information content (AvgIpc) is 2.87. The predicted molar refractivity (Wildman–Crippen MR) is 85.6 cm³/mol. The second-order valence-electron chi connectivity index (χ2n) is 6.59. The first-order valence-electron chi connectivity index (χ1n) is 8.61. The van der Waals surface area contributed by atoms with E-state index in [2.05, 4.69) is 18.7 Å². The molecule has 0 aromatic rings. The number of carbonyl (C=O) groups is 1. The van der Waals surface area contributed by atoms with Crippen LogP contribution in [0.5, 0.6) is 0 Å². The number of carbonyl (C=O) groups excluding carboxylic acids is 1. The van der Waals surface area contributed by atoms with Crippen molar-refractivity contribution in [3.63, 3.8) is 0 Å². The topological polar surface area (TPSA) is 17.1 Å². The Morgan fingerprint density at radius 3 is 2.65 bits per heavy atom. The molecule has 3 atom stereocenters. The first-order valence-corrected chi connectivity index (χ1v) is 8.61. The lowest BCUT2D eigenvalue weighted by molar-refractivity contribution is -0.126. The van der Waals surface area contributed by atoms with Crippen LogP contribution >= 0.6 is 0 Å². The molecule has 0 radical (unpaired) electrons. The third-order valence-corrected chi connectivity index (χ3v) is 5.24. The summed E-state index contributed by atoms with van der Waals surface area (Å²) in [5.74, 6) is 2.61. The van der Waals surface area contributed by atoms with Gasteiger partial charge in [-0.25, -0.2) is 0 Å². The standard InChI is InChI=1S/C19H30O/c1-2-3-4-5-6-7-8-9-11-16-14-15-18-17(16)12-10-13-19(18)20/h2,6-7,16-18H,1,3-5,8-15H2/b7-6+/t16?,17-,18+/m1/s1. The summed E-state index contributed by atoms with van der Waals surface area (Å²) >= 11 is 0. The summed E-state index contributed by atoms with van der Waals surface area (Å²) in [6, 6.07) is 0. The normalized spacial score (nSPS) is 29.8. The molecule has 0 aromatic heterocycles. The third-order valence-electron chi connectivity index (χ3n) is 5.24. The molecule has 2 fully saturated rings. The molecule has 2 rings (SSSR count). The van der Waals surface area contributed by atoms with E-state index in [0.717, 1.165) is 31.1 Å². The number of hydrogen-bond acceptors (Lipinski definition) is 1. The van der Waals surface area contributed by atoms with Gasteiger partial charge >= 0.3 is 0 Å². The fourth-order valence-electron chi connectivity index (χ4n) is 4.16. The smallest absolute Gasteiger partial charge is 0.136 e. The zero-order valence-electron chi connectivity index (χ0n) is 12.9. The lowest BCUT2D eigenvalue weighted by Crippen LogP contribution is -2.27. The highest BCUT2D eigenvalue weighted by Gasteiger charge is 2.41. The molecular formula is C19H30O. The first kappa shape index (κ1) is 15.5. The number of ketones is 1. The lowest BCUT2D eigenvalue weighted by Gasteiger charge is -2.28. The van der Waals surface area contributed by atoms with E-state index < -0.39 is 0 Å². The summed E-state index contributed by atoms with van der Waals surface area (Å²) in [6.07, 6.45) is 19.9. The Balaban J connectivity index is 1.60. The Hall–Kier alpha value is -0.850. The zero-order valence-corrected chi connectivity index (χ0v) is 12.9. The number of hydrogen-bond donors (Lipinski definition) is 0. The molecule has 112 valence electrons. The van der Waals surface area contributed by atoms with Gasteiger partial charge in [0.25, 0.3) is 0 Å². The van der Waals surface area contributed by atoms with Gasteiger partial charge in [-0.2, -0.15) is 0 Å². The van der Waals surface area contributed by atoms with Gasteiger partial charge in [0.15, 0.2) is 0 Å². The van der Waals surface area contributed by atoms with Crippen molar-refractivity contribution in [2.45, 2.75) is 70.6 Å². The quantitative estimate of drug-likeness (QED) is 0.424. The van der Waals surface area contributed by atoms with Gasteiger partial charge in [0, 0.05) is 12.3 Å². The van der Waals surface area contributed by atoms with E-state index in [1.54, 1.807) is 0 Å². The van der Waals surface area contributed by atoms with Crippen molar-refractivity contribution >= 4 is 5.78 Å². The van der Waals surface area contributed by atoms with E-state index in [-0.39, 0.29) is 0 Å². The Morgan fingerprint density at radius 1 is 1.05 bits per heavy atom. The van der Waals surface area contributed by atoms with Crippen molar-refractivity contribution in [3.05, 3.63) is 24.8 Å². The fourth-order valence-corrected chi connectivity index (χ4v) is 4.16. The molecule has 2 aliphatic rings. The molecule has 0 spiro atoms. The van der Waals surface area contributed by atoms with Crippen LogP contribution in [0.3, 0.4) is 0 Å². The molecule has 0 saturated heterocycles. The summed E-state index contributed by atoms with van der Waals surface area (Å²) in [6.45, 7) is 3.74. The van der Waals surface area contributed by atoms with E-state index in [1.165, 1.54) is 51.4 Å². The number of Topliss-reactive ketones (excluding diaryl/α,β-unsaturated/α-hetero) is 1. The van der Waals surface area contributed by atoms with Crippen LogP contribution in [0.2, 0.25) is 0 Å². The van der Waals surface area contributed by atoms with Crippen LogP contribution < -0.4 is 0 Å². The second-order valence-corrected chi connectivity index (χ2v) is 6.59. The van der Waals surface area contributed by atoms with Gasteiger partial charge in [-0.15, -0.1) is 6.58 Å². The fraction of sp³-hybridized carbons (Fsp3) is 0.737. The summed E-state index contributed by atoms with van der Waals surface area (Å²) < 4.78 is 0. The minimum absolute atomic E-state index is 0.447. The Morgan fingerprint density at radius 2 is 1.85 bits per heavy atom. The molecular weight excluding hydrogens is 244 g/mol. The number of unbranched alkanes of at least 4 members (excludes halogenated alkanes) is 3. The Bertz CT molecular complexity index is 342. The SMILES string of the molecule is C=CCCC/C=C/CCCC1CC[C@@H]2C(=O)CCC[C@H]12. The maximum Gasteiger partial charge on any atom is 0.136 e. The molecule has 0 aromatic carbocycles. The minimum Gasteiger partial charge on any atom is -0.299 e. The summed E-state index contributed by atoms with van der Waals surface area (Å²) in [7, 11) is 0. The van der Waals surface area contributed by atoms with Gasteiger partial charge < -0.3 is 0 Å². The van der Waals surface area contributed by atoms with Gasteiger partial charge in [0.05, 0.1) is 0 Å². The van der Waals surface area contributed by atoms with Crippen molar-refractivity contribution in [2.24, 2.45) is 17.8 Å². The minimum atomic E-state index is 0.447. The lowest BCUT2D eigenvalue weighted by atomic mass is 9.76. The highest BCUT2D eigenvalue weighted by molar-refractivity contribution is 5.82. The van der Waals surface area contributed by atoms with Crippen molar-refractivity contribution in [2.75, 3.05) is 0 Å². The predicted octanol–water partition coefficient (Wildman–Crippen LogP) is 5.46. The molecule has 20 heavy (non-hydrogen) atoms. The second kappa shape index (κ2) is 8.44. The Labute approximate surface area is 124 Å². The molecule has 2 aliphatic carbocycles. The largest absolute Gasteiger partial charge is 0.299 e. The van der Waals surface area contributed by atoms with E-state index in [0.29, 0.717) is 11.7 Å². The van der Waals surface area contributed by atoms with Gasteiger partial charge in [-0.1, -0.05) is 18.2 Å². The monoisotopic (exact) mass is 274 g/mol. The molecule has 1 unspecified atom stereocenters. The van der Waals surface area contributed by atoms with E-state index in [4.69, 9.17) is 0 Å². The first-order chi connectivity index (χ1) is 9.83. The zero-order chi connectivity index (χ0) is 14.2. The molecule has 1 nitrogen and oxygen atoms in total. The highest BCUT2D eigenvalue weighted by Crippen LogP contribution is 2.46. The van der Waals surface area contributed by atoms with Gasteiger partial charge in [-0.05, 0) is 76.0 Å². The third kappa shape index (κ3) is 4.33. The van der Waals surface area contributed by atoms with Crippen molar-refractivity contribution in [1.82, 2.24) is 0 Å². The summed E-state index contributed by atoms with van der Waals surface area (Å²) in [5, 5.41) is 0. The molecule has 0 bridgehead atoms. The summed E-state index contributed by atoms with van der Waals surface area (Å²) in [5.41, 5.74) is 0. The molecule has 2 saturated carbocycles. The van der Waals surface area contributed by atoms with Crippen LogP contribution in [0.1, 0.15) is 70.6 Å². The average molecular weight is 274 g/mol. The summed E-state index contributed by atoms with van der Waals surface area (Å²) in [4.78, 5) is 11.9. The maximum absolute atomic E-state index is 11.9. The molecule has 0 N–H and O–H groups in total. The maximum atomic E-state index is 11.9. The van der Waals surface area contributed by atoms with Gasteiger partial charge in [0.1, 0.15) is 5.78 Å². The van der Waals surface area contributed by atoms with Crippen LogP contribution in [0.15, 0.2) is 24.8 Å². The Kier molecular flexibility index (Phi) is 6.56. The number of rotatable bonds is 8. The number of fused-ring (bicyclic) bond motifs is 1. The molecule has 0 amide bonds. The van der Waals surface area contributed by atoms with Gasteiger partial charge in [0.2, 0.25) is 0 Å². The molecule has 0 heterocycles. The highest BCUT2D eigenvalue weighted by atomic mass is 16.1.